The van der Waals surface area contributed by atoms with E-state index in [9.17, 15) is 4.39 Å². The molecule has 20 heavy (non-hydrogen) atoms. The van der Waals surface area contributed by atoms with Gasteiger partial charge in [0.05, 0.1) is 5.69 Å². The Labute approximate surface area is 121 Å². The molecule has 0 unspecified atom stereocenters. The molecular weight excluding hydrogens is 281 g/mol. The van der Waals surface area contributed by atoms with E-state index < -0.39 is 5.82 Å². The number of hydrogen-bond acceptors (Lipinski definition) is 5. The second-order valence-electron chi connectivity index (χ2n) is 4.17. The Morgan fingerprint density at radius 2 is 2.00 bits per heavy atom. The summed E-state index contributed by atoms with van der Waals surface area (Å²) in [6.07, 6.45) is 0.954. The zero-order valence-corrected chi connectivity index (χ0v) is 11.7. The quantitative estimate of drug-likeness (QED) is 0.788. The lowest BCUT2D eigenvalue weighted by atomic mass is 10.3. The molecule has 1 aromatic carbocycles. The minimum absolute atomic E-state index is 0.107. The summed E-state index contributed by atoms with van der Waals surface area (Å²) in [4.78, 5) is 8.06. The van der Waals surface area contributed by atoms with Crippen molar-refractivity contribution in [2.24, 2.45) is 0 Å². The number of nitrogens with zero attached hydrogens (tertiary/aromatic N) is 2. The summed E-state index contributed by atoms with van der Waals surface area (Å²) in [6.45, 7) is 2.81. The third-order valence-corrected chi connectivity index (χ3v) is 2.73. The van der Waals surface area contributed by atoms with Crippen molar-refractivity contribution < 1.29 is 4.39 Å². The molecule has 0 aliphatic rings. The molecule has 5 nitrogen and oxygen atoms in total. The molecule has 1 heterocycles. The molecule has 106 valence electrons. The van der Waals surface area contributed by atoms with Gasteiger partial charge >= 0.3 is 0 Å². The van der Waals surface area contributed by atoms with Crippen LogP contribution in [0.4, 0.5) is 27.7 Å². The number of nitrogen functional groups attached to an aromatic ring is 1. The van der Waals surface area contributed by atoms with Crippen molar-refractivity contribution in [3.63, 3.8) is 0 Å². The van der Waals surface area contributed by atoms with Crippen LogP contribution in [0.1, 0.15) is 13.3 Å². The zero-order valence-electron chi connectivity index (χ0n) is 11.0. The van der Waals surface area contributed by atoms with Crippen LogP contribution < -0.4 is 16.4 Å². The maximum absolute atomic E-state index is 13.6. The van der Waals surface area contributed by atoms with Crippen molar-refractivity contribution in [2.75, 3.05) is 22.9 Å². The lowest BCUT2D eigenvalue weighted by Gasteiger charge is -2.10. The number of hydrogen-bond donors (Lipinski definition) is 3. The van der Waals surface area contributed by atoms with Crippen LogP contribution in [0.25, 0.3) is 0 Å². The Kier molecular flexibility index (Phi) is 4.57. The predicted molar refractivity (Wildman–Crippen MR) is 79.9 cm³/mol. The first-order chi connectivity index (χ1) is 9.58. The van der Waals surface area contributed by atoms with Gasteiger partial charge in [-0.2, -0.15) is 9.97 Å². The van der Waals surface area contributed by atoms with E-state index in [4.69, 9.17) is 17.3 Å². The van der Waals surface area contributed by atoms with E-state index in [1.54, 1.807) is 6.07 Å². The molecule has 2 aromatic rings. The number of benzene rings is 1. The molecule has 0 aliphatic carbocycles. The summed E-state index contributed by atoms with van der Waals surface area (Å²) in [5, 5.41) is 6.37. The first kappa shape index (κ1) is 14.3. The molecule has 4 N–H and O–H groups in total. The van der Waals surface area contributed by atoms with Crippen molar-refractivity contribution in [3.8, 4) is 0 Å². The zero-order chi connectivity index (χ0) is 14.5. The van der Waals surface area contributed by atoms with E-state index >= 15 is 0 Å². The predicted octanol–water partition coefficient (Wildman–Crippen LogP) is 3.42. The number of rotatable bonds is 5. The largest absolute Gasteiger partial charge is 0.370 e. The maximum Gasteiger partial charge on any atom is 0.223 e. The summed E-state index contributed by atoms with van der Waals surface area (Å²) in [7, 11) is 0. The highest BCUT2D eigenvalue weighted by Crippen LogP contribution is 2.24. The Bertz CT molecular complexity index is 605. The van der Waals surface area contributed by atoms with Crippen LogP contribution in [0.3, 0.4) is 0 Å². The highest BCUT2D eigenvalue weighted by Gasteiger charge is 2.07. The molecule has 0 saturated carbocycles. The molecule has 1 aromatic heterocycles. The van der Waals surface area contributed by atoms with Crippen LogP contribution in [0.15, 0.2) is 24.3 Å². The smallest absolute Gasteiger partial charge is 0.223 e. The van der Waals surface area contributed by atoms with Gasteiger partial charge in [-0.05, 0) is 24.6 Å². The van der Waals surface area contributed by atoms with Crippen LogP contribution >= 0.6 is 11.6 Å². The van der Waals surface area contributed by atoms with Crippen molar-refractivity contribution in [1.82, 2.24) is 9.97 Å². The maximum atomic E-state index is 13.6. The standard InChI is InChI=1S/C13H15ClFN5/c1-2-5-17-11-7-12(20-13(16)19-11)18-10-6-8(14)3-4-9(10)15/h3-4,6-7H,2,5H2,1H3,(H4,16,17,18,19,20). The molecule has 0 atom stereocenters. The van der Waals surface area contributed by atoms with E-state index in [0.717, 1.165) is 13.0 Å². The van der Waals surface area contributed by atoms with Gasteiger partial charge in [0.15, 0.2) is 0 Å². The lowest BCUT2D eigenvalue weighted by Crippen LogP contribution is -2.07. The molecule has 0 aliphatic heterocycles. The fourth-order valence-corrected chi connectivity index (χ4v) is 1.78. The summed E-state index contributed by atoms with van der Waals surface area (Å²) in [6, 6.07) is 5.90. The van der Waals surface area contributed by atoms with Gasteiger partial charge in [-0.15, -0.1) is 0 Å². The van der Waals surface area contributed by atoms with Crippen molar-refractivity contribution in [1.29, 1.82) is 0 Å². The topological polar surface area (TPSA) is 75.9 Å². The normalized spacial score (nSPS) is 10.3. The Balaban J connectivity index is 2.24. The van der Waals surface area contributed by atoms with Gasteiger partial charge in [-0.25, -0.2) is 4.39 Å². The van der Waals surface area contributed by atoms with Crippen LogP contribution in [0.5, 0.6) is 0 Å². The fourth-order valence-electron chi connectivity index (χ4n) is 1.60. The van der Waals surface area contributed by atoms with Crippen LogP contribution in [0.2, 0.25) is 5.02 Å². The average molecular weight is 296 g/mol. The molecular formula is C13H15ClFN5. The summed E-state index contributed by atoms with van der Waals surface area (Å²) in [5.41, 5.74) is 5.86. The van der Waals surface area contributed by atoms with Crippen molar-refractivity contribution in [3.05, 3.63) is 35.1 Å². The number of nitrogens with two attached hydrogens (primary N) is 1. The third-order valence-electron chi connectivity index (χ3n) is 2.49. The molecule has 0 amide bonds. The first-order valence-electron chi connectivity index (χ1n) is 6.19. The number of anilines is 4. The second kappa shape index (κ2) is 6.38. The Morgan fingerprint density at radius 1 is 1.25 bits per heavy atom. The van der Waals surface area contributed by atoms with Gasteiger partial charge in [0.25, 0.3) is 0 Å². The highest BCUT2D eigenvalue weighted by molar-refractivity contribution is 6.30. The summed E-state index contributed by atoms with van der Waals surface area (Å²) >= 11 is 5.84. The molecule has 0 saturated heterocycles. The Hall–Kier alpha value is -2.08. The average Bonchev–Trinajstić information content (AvgIpc) is 2.40. The molecule has 0 bridgehead atoms. The van der Waals surface area contributed by atoms with Crippen LogP contribution in [0, 0.1) is 5.82 Å². The molecule has 7 heteroatoms. The van der Waals surface area contributed by atoms with Crippen molar-refractivity contribution in [2.45, 2.75) is 13.3 Å². The third kappa shape index (κ3) is 3.71. The summed E-state index contributed by atoms with van der Waals surface area (Å²) in [5.74, 6) is 0.673. The van der Waals surface area contributed by atoms with Gasteiger partial charge in [-0.1, -0.05) is 18.5 Å². The van der Waals surface area contributed by atoms with E-state index in [2.05, 4.69) is 20.6 Å². The summed E-state index contributed by atoms with van der Waals surface area (Å²) < 4.78 is 13.6. The minimum atomic E-state index is -0.422. The van der Waals surface area contributed by atoms with Crippen LogP contribution in [-0.4, -0.2) is 16.5 Å². The second-order valence-corrected chi connectivity index (χ2v) is 4.61. The van der Waals surface area contributed by atoms with Crippen LogP contribution in [-0.2, 0) is 0 Å². The van der Waals surface area contributed by atoms with E-state index in [1.165, 1.54) is 18.2 Å². The lowest BCUT2D eigenvalue weighted by molar-refractivity contribution is 0.632. The first-order valence-corrected chi connectivity index (χ1v) is 6.57. The van der Waals surface area contributed by atoms with E-state index in [0.29, 0.717) is 16.7 Å². The fraction of sp³-hybridized carbons (Fsp3) is 0.231. The minimum Gasteiger partial charge on any atom is -0.370 e. The van der Waals surface area contributed by atoms with E-state index in [1.807, 2.05) is 6.92 Å². The number of aromatic nitrogens is 2. The highest BCUT2D eigenvalue weighted by atomic mass is 35.5. The Morgan fingerprint density at radius 3 is 2.75 bits per heavy atom. The van der Waals surface area contributed by atoms with E-state index in [-0.39, 0.29) is 11.6 Å². The van der Waals surface area contributed by atoms with Gasteiger partial charge in [-0.3, -0.25) is 0 Å². The van der Waals surface area contributed by atoms with Gasteiger partial charge in [0, 0.05) is 17.6 Å². The van der Waals surface area contributed by atoms with Gasteiger partial charge in [0.2, 0.25) is 5.95 Å². The number of halogens is 2. The molecule has 0 radical (unpaired) electrons. The molecule has 2 rings (SSSR count). The molecule has 0 spiro atoms. The SMILES string of the molecule is CCCNc1cc(Nc2cc(Cl)ccc2F)nc(N)n1. The monoisotopic (exact) mass is 295 g/mol. The number of nitrogens with one attached hydrogen (secondary N) is 2. The molecule has 0 fully saturated rings. The van der Waals surface area contributed by atoms with Crippen molar-refractivity contribution >= 4 is 34.9 Å². The van der Waals surface area contributed by atoms with Gasteiger partial charge < -0.3 is 16.4 Å². The van der Waals surface area contributed by atoms with Gasteiger partial charge in [0.1, 0.15) is 17.5 Å².